The molecule has 7 heteroatoms. The van der Waals surface area contributed by atoms with E-state index in [0.717, 1.165) is 16.9 Å². The molecule has 0 aliphatic carbocycles. The molecule has 0 atom stereocenters. The summed E-state index contributed by atoms with van der Waals surface area (Å²) in [7, 11) is 0. The van der Waals surface area contributed by atoms with Gasteiger partial charge in [-0.3, -0.25) is 0 Å². The van der Waals surface area contributed by atoms with Crippen LogP contribution in [0.25, 0.3) is 10.9 Å². The van der Waals surface area contributed by atoms with E-state index in [4.69, 9.17) is 11.6 Å². The summed E-state index contributed by atoms with van der Waals surface area (Å²) >= 11 is 0. The second-order valence-electron chi connectivity index (χ2n) is 3.11. The van der Waals surface area contributed by atoms with Gasteiger partial charge in [0.25, 0.3) is 0 Å². The monoisotopic (exact) mass is 216 g/mol. The third-order valence-corrected chi connectivity index (χ3v) is 1.98. The largest absolute Gasteiger partial charge is 0.416 e. The molecule has 2 aromatic rings. The fourth-order valence-corrected chi connectivity index (χ4v) is 1.34. The molecule has 4 N–H and O–H groups in total. The molecule has 1 aromatic heterocycles. The van der Waals surface area contributed by atoms with Crippen molar-refractivity contribution in [3.05, 3.63) is 23.9 Å². The number of hydrogen-bond acceptors (Lipinski definition) is 3. The first-order valence-corrected chi connectivity index (χ1v) is 3.99. The standard InChI is InChI=1S/C8H7F3N4/c9-8(10,11)5-1-4-3-15(13)14-7(4)6(12)2-5/h1-3H,12-13H2. The topological polar surface area (TPSA) is 69.9 Å². The average Bonchev–Trinajstić information content (AvgIpc) is 2.44. The van der Waals surface area contributed by atoms with Gasteiger partial charge in [-0.05, 0) is 12.1 Å². The molecule has 0 aliphatic rings. The van der Waals surface area contributed by atoms with Crippen LogP contribution in [0.1, 0.15) is 5.56 Å². The third-order valence-electron chi connectivity index (χ3n) is 1.98. The molecule has 0 fully saturated rings. The van der Waals surface area contributed by atoms with Crippen molar-refractivity contribution in [2.75, 3.05) is 11.6 Å². The number of benzene rings is 1. The molecule has 2 rings (SSSR count). The lowest BCUT2D eigenvalue weighted by Crippen LogP contribution is -2.07. The maximum absolute atomic E-state index is 12.4. The molecule has 0 aliphatic heterocycles. The minimum absolute atomic E-state index is 0.0379. The number of fused-ring (bicyclic) bond motifs is 1. The van der Waals surface area contributed by atoms with E-state index in [0.29, 0.717) is 0 Å². The van der Waals surface area contributed by atoms with Crippen LogP contribution >= 0.6 is 0 Å². The van der Waals surface area contributed by atoms with Gasteiger partial charge < -0.3 is 11.6 Å². The summed E-state index contributed by atoms with van der Waals surface area (Å²) in [6.07, 6.45) is -3.14. The van der Waals surface area contributed by atoms with Crippen LogP contribution in [0.15, 0.2) is 18.3 Å². The normalized spacial score (nSPS) is 12.2. The van der Waals surface area contributed by atoms with Crippen molar-refractivity contribution in [2.24, 2.45) is 0 Å². The van der Waals surface area contributed by atoms with Gasteiger partial charge in [0.15, 0.2) is 0 Å². The Bertz CT molecular complexity index is 514. The molecule has 0 saturated carbocycles. The van der Waals surface area contributed by atoms with E-state index < -0.39 is 11.7 Å². The van der Waals surface area contributed by atoms with Crippen LogP contribution in [0, 0.1) is 0 Å². The van der Waals surface area contributed by atoms with Crippen molar-refractivity contribution >= 4 is 16.6 Å². The fraction of sp³-hybridized carbons (Fsp3) is 0.125. The second-order valence-corrected chi connectivity index (χ2v) is 3.11. The van der Waals surface area contributed by atoms with Crippen LogP contribution in [0.2, 0.25) is 0 Å². The number of nitrogens with two attached hydrogens (primary N) is 2. The predicted octanol–water partition coefficient (Wildman–Crippen LogP) is 1.35. The highest BCUT2D eigenvalue weighted by molar-refractivity contribution is 5.89. The molecule has 1 heterocycles. The first kappa shape index (κ1) is 9.63. The van der Waals surface area contributed by atoms with Gasteiger partial charge >= 0.3 is 6.18 Å². The lowest BCUT2D eigenvalue weighted by atomic mass is 10.1. The van der Waals surface area contributed by atoms with Gasteiger partial charge in [0.1, 0.15) is 5.52 Å². The number of nitrogens with zero attached hydrogens (tertiary/aromatic N) is 2. The zero-order valence-corrected chi connectivity index (χ0v) is 7.42. The van der Waals surface area contributed by atoms with Crippen molar-refractivity contribution in [3.8, 4) is 0 Å². The molecule has 0 amide bonds. The Morgan fingerprint density at radius 3 is 2.53 bits per heavy atom. The van der Waals surface area contributed by atoms with Crippen LogP contribution in [0.3, 0.4) is 0 Å². The SMILES string of the molecule is Nc1cc(C(F)(F)F)cc2cn(N)nc12. The van der Waals surface area contributed by atoms with Gasteiger partial charge in [0, 0.05) is 5.39 Å². The highest BCUT2D eigenvalue weighted by atomic mass is 19.4. The molecule has 0 saturated heterocycles. The van der Waals surface area contributed by atoms with Crippen LogP contribution < -0.4 is 11.6 Å². The highest BCUT2D eigenvalue weighted by Gasteiger charge is 2.31. The molecular weight excluding hydrogens is 209 g/mol. The summed E-state index contributed by atoms with van der Waals surface area (Å²) in [5.74, 6) is 5.29. The Kier molecular flexibility index (Phi) is 1.79. The highest BCUT2D eigenvalue weighted by Crippen LogP contribution is 2.33. The summed E-state index contributed by atoms with van der Waals surface area (Å²) in [6.45, 7) is 0. The summed E-state index contributed by atoms with van der Waals surface area (Å²) < 4.78 is 37.2. The van der Waals surface area contributed by atoms with Crippen molar-refractivity contribution in [2.45, 2.75) is 6.18 Å². The van der Waals surface area contributed by atoms with Crippen LogP contribution in [0.5, 0.6) is 0 Å². The van der Waals surface area contributed by atoms with Crippen molar-refractivity contribution < 1.29 is 13.2 Å². The summed E-state index contributed by atoms with van der Waals surface area (Å²) in [5.41, 5.74) is 4.86. The van der Waals surface area contributed by atoms with E-state index in [-0.39, 0.29) is 16.6 Å². The Labute approximate surface area is 82.2 Å². The first-order valence-electron chi connectivity index (χ1n) is 3.99. The van der Waals surface area contributed by atoms with E-state index in [2.05, 4.69) is 5.10 Å². The first-order chi connectivity index (χ1) is 6.88. The average molecular weight is 216 g/mol. The Morgan fingerprint density at radius 1 is 1.27 bits per heavy atom. The fourth-order valence-electron chi connectivity index (χ4n) is 1.34. The molecule has 1 aromatic carbocycles. The molecule has 4 nitrogen and oxygen atoms in total. The van der Waals surface area contributed by atoms with Crippen molar-refractivity contribution in [3.63, 3.8) is 0 Å². The smallest absolute Gasteiger partial charge is 0.397 e. The Balaban J connectivity index is 2.72. The minimum atomic E-state index is -4.42. The number of halogens is 3. The zero-order valence-electron chi connectivity index (χ0n) is 7.42. The van der Waals surface area contributed by atoms with Gasteiger partial charge in [-0.15, -0.1) is 0 Å². The van der Waals surface area contributed by atoms with E-state index in [1.54, 1.807) is 0 Å². The summed E-state index contributed by atoms with van der Waals surface area (Å²) in [5, 5.41) is 4.01. The Hall–Kier alpha value is -1.92. The van der Waals surface area contributed by atoms with Gasteiger partial charge in [0.2, 0.25) is 0 Å². The third kappa shape index (κ3) is 1.56. The summed E-state index contributed by atoms with van der Waals surface area (Å²) in [6, 6.07) is 1.80. The maximum Gasteiger partial charge on any atom is 0.416 e. The lowest BCUT2D eigenvalue weighted by molar-refractivity contribution is -0.137. The van der Waals surface area contributed by atoms with Crippen LogP contribution in [-0.4, -0.2) is 9.89 Å². The maximum atomic E-state index is 12.4. The number of hydrogen-bond donors (Lipinski definition) is 2. The molecule has 0 bridgehead atoms. The van der Waals surface area contributed by atoms with Gasteiger partial charge in [-0.2, -0.15) is 23.1 Å². The van der Waals surface area contributed by atoms with Crippen molar-refractivity contribution in [1.29, 1.82) is 0 Å². The molecule has 0 spiro atoms. The van der Waals surface area contributed by atoms with E-state index in [1.165, 1.54) is 6.20 Å². The zero-order chi connectivity index (χ0) is 11.2. The van der Waals surface area contributed by atoms with Crippen molar-refractivity contribution in [1.82, 2.24) is 9.89 Å². The van der Waals surface area contributed by atoms with Crippen LogP contribution in [-0.2, 0) is 6.18 Å². The molecule has 0 radical (unpaired) electrons. The van der Waals surface area contributed by atoms with E-state index >= 15 is 0 Å². The predicted molar refractivity (Wildman–Crippen MR) is 49.3 cm³/mol. The molecular formula is C8H7F3N4. The number of aromatic nitrogens is 2. The van der Waals surface area contributed by atoms with Gasteiger partial charge in [-0.25, -0.2) is 0 Å². The number of nitrogen functional groups attached to an aromatic ring is 2. The van der Waals surface area contributed by atoms with Gasteiger partial charge in [-0.1, -0.05) is 0 Å². The van der Waals surface area contributed by atoms with Gasteiger partial charge in [0.05, 0.1) is 17.4 Å². The minimum Gasteiger partial charge on any atom is -0.397 e. The quantitative estimate of drug-likeness (QED) is 0.515. The van der Waals surface area contributed by atoms with E-state index in [9.17, 15) is 13.2 Å². The second kappa shape index (κ2) is 2.78. The number of anilines is 1. The lowest BCUT2D eigenvalue weighted by Gasteiger charge is -2.07. The molecule has 0 unspecified atom stereocenters. The Morgan fingerprint density at radius 2 is 1.93 bits per heavy atom. The summed E-state index contributed by atoms with van der Waals surface area (Å²) in [4.78, 5) is 0.932. The number of alkyl halides is 3. The van der Waals surface area contributed by atoms with E-state index in [1.807, 2.05) is 0 Å². The molecule has 80 valence electrons. The van der Waals surface area contributed by atoms with Crippen LogP contribution in [0.4, 0.5) is 18.9 Å². The number of rotatable bonds is 0. The molecule has 15 heavy (non-hydrogen) atoms.